The van der Waals surface area contributed by atoms with E-state index in [1.165, 1.54) is 0 Å². The Morgan fingerprint density at radius 3 is 2.55 bits per heavy atom. The average Bonchev–Trinajstić information content (AvgIpc) is 3.14. The smallest absolute Gasteiger partial charge is 0.332 e. The number of halogens is 2. The lowest BCUT2D eigenvalue weighted by molar-refractivity contribution is -0.160. The summed E-state index contributed by atoms with van der Waals surface area (Å²) in [7, 11) is 0. The van der Waals surface area contributed by atoms with Gasteiger partial charge < -0.3 is 9.64 Å². The minimum absolute atomic E-state index is 0.0115. The van der Waals surface area contributed by atoms with Gasteiger partial charge in [-0.25, -0.2) is 9.18 Å². The first kappa shape index (κ1) is 13.0. The number of nitrogens with zero attached hydrogens (tertiary/aromatic N) is 1. The summed E-state index contributed by atoms with van der Waals surface area (Å²) in [5, 5.41) is 0. The van der Waals surface area contributed by atoms with E-state index in [2.05, 4.69) is 15.9 Å². The molecule has 6 heteroatoms. The molecule has 0 aromatic rings. The van der Waals surface area contributed by atoms with Gasteiger partial charge in [-0.1, -0.05) is 0 Å². The second-order valence-electron chi connectivity index (χ2n) is 6.86. The maximum Gasteiger partial charge on any atom is 0.332 e. The van der Waals surface area contributed by atoms with Crippen molar-refractivity contribution in [3.8, 4) is 0 Å². The number of ether oxygens (including phenoxy) is 1. The second kappa shape index (κ2) is 3.39. The van der Waals surface area contributed by atoms with Gasteiger partial charge in [0.15, 0.2) is 4.58 Å². The van der Waals surface area contributed by atoms with Crippen LogP contribution >= 0.6 is 15.9 Å². The SMILES string of the molecule is CCOC(=O)[C@]12C[C@]3(CN1C(=O)CC21CC1)C[C@@]3(F)Br. The summed E-state index contributed by atoms with van der Waals surface area (Å²) < 4.78 is 18.2. The van der Waals surface area contributed by atoms with Crippen LogP contribution in [0.1, 0.15) is 39.0 Å². The molecule has 2 spiro atoms. The normalized spacial score (nSPS) is 47.0. The highest BCUT2D eigenvalue weighted by Crippen LogP contribution is 2.77. The van der Waals surface area contributed by atoms with Crippen LogP contribution in [0, 0.1) is 10.8 Å². The molecule has 0 radical (unpaired) electrons. The fraction of sp³-hybridized carbons (Fsp3) is 0.857. The van der Waals surface area contributed by atoms with E-state index in [0.717, 1.165) is 12.8 Å². The summed E-state index contributed by atoms with van der Waals surface area (Å²) in [6, 6.07) is 0. The van der Waals surface area contributed by atoms with Crippen molar-refractivity contribution in [1.82, 2.24) is 4.90 Å². The van der Waals surface area contributed by atoms with Gasteiger partial charge in [0.05, 0.1) is 6.61 Å². The van der Waals surface area contributed by atoms with Crippen LogP contribution in [-0.2, 0) is 14.3 Å². The minimum atomic E-state index is -1.43. The number of hydrogen-bond acceptors (Lipinski definition) is 3. The summed E-state index contributed by atoms with van der Waals surface area (Å²) >= 11 is 3.11. The van der Waals surface area contributed by atoms with Crippen molar-refractivity contribution in [2.45, 2.75) is 49.1 Å². The van der Waals surface area contributed by atoms with E-state index in [4.69, 9.17) is 4.74 Å². The van der Waals surface area contributed by atoms with Gasteiger partial charge in [-0.2, -0.15) is 0 Å². The maximum absolute atomic E-state index is 14.3. The Labute approximate surface area is 125 Å². The summed E-state index contributed by atoms with van der Waals surface area (Å²) in [6.45, 7) is 2.40. The lowest BCUT2D eigenvalue weighted by atomic mass is 9.77. The van der Waals surface area contributed by atoms with Gasteiger partial charge in [-0.15, -0.1) is 0 Å². The van der Waals surface area contributed by atoms with Crippen LogP contribution < -0.4 is 0 Å². The average molecular weight is 346 g/mol. The molecule has 2 aliphatic heterocycles. The van der Waals surface area contributed by atoms with Crippen molar-refractivity contribution in [2.75, 3.05) is 13.2 Å². The van der Waals surface area contributed by atoms with Crippen LogP contribution in [0.15, 0.2) is 0 Å². The number of rotatable bonds is 2. The van der Waals surface area contributed by atoms with E-state index in [0.29, 0.717) is 32.4 Å². The van der Waals surface area contributed by atoms with Crippen molar-refractivity contribution >= 4 is 27.8 Å². The molecule has 20 heavy (non-hydrogen) atoms. The topological polar surface area (TPSA) is 46.6 Å². The van der Waals surface area contributed by atoms with Gasteiger partial charge >= 0.3 is 5.97 Å². The Morgan fingerprint density at radius 1 is 1.40 bits per heavy atom. The first-order valence-corrected chi connectivity index (χ1v) is 7.97. The number of carbonyl (C=O) groups excluding carboxylic acids is 2. The van der Waals surface area contributed by atoms with E-state index < -0.39 is 15.5 Å². The molecule has 2 saturated carbocycles. The molecule has 4 rings (SSSR count). The van der Waals surface area contributed by atoms with Crippen LogP contribution in [0.4, 0.5) is 4.39 Å². The van der Waals surface area contributed by atoms with Gasteiger partial charge in [0.2, 0.25) is 5.91 Å². The molecule has 0 aromatic heterocycles. The maximum atomic E-state index is 14.3. The Balaban J connectivity index is 1.78. The van der Waals surface area contributed by atoms with Crippen molar-refractivity contribution in [3.63, 3.8) is 0 Å². The largest absolute Gasteiger partial charge is 0.464 e. The minimum Gasteiger partial charge on any atom is -0.464 e. The highest BCUT2D eigenvalue weighted by atomic mass is 79.9. The molecule has 4 nitrogen and oxygen atoms in total. The van der Waals surface area contributed by atoms with Crippen LogP contribution in [0.25, 0.3) is 0 Å². The van der Waals surface area contributed by atoms with Gasteiger partial charge in [0.1, 0.15) is 5.54 Å². The monoisotopic (exact) mass is 345 g/mol. The summed E-state index contributed by atoms with van der Waals surface area (Å²) in [4.78, 5) is 26.6. The predicted molar refractivity (Wildman–Crippen MR) is 71.8 cm³/mol. The zero-order valence-electron chi connectivity index (χ0n) is 11.4. The number of carbonyl (C=O) groups is 2. The lowest BCUT2D eigenvalue weighted by Crippen LogP contribution is -2.53. The standard InChI is InChI=1S/C14H17BrFNO3/c1-2-20-10(19)13-6-12(7-14(12,15)16)8-17(13)9(18)5-11(13)3-4-11/h2-8H2,1H3/t12-,13+,14+/m1/s1. The number of fused-ring (bicyclic) bond motifs is 2. The van der Waals surface area contributed by atoms with E-state index in [1.54, 1.807) is 11.8 Å². The van der Waals surface area contributed by atoms with Crippen LogP contribution in [0.3, 0.4) is 0 Å². The van der Waals surface area contributed by atoms with E-state index >= 15 is 0 Å². The van der Waals surface area contributed by atoms with Gasteiger partial charge in [0, 0.05) is 30.2 Å². The van der Waals surface area contributed by atoms with E-state index in [-0.39, 0.29) is 17.3 Å². The highest BCUT2D eigenvalue weighted by molar-refractivity contribution is 9.10. The predicted octanol–water partition coefficient (Wildman–Crippen LogP) is 2.16. The van der Waals surface area contributed by atoms with E-state index in [9.17, 15) is 14.0 Å². The molecule has 0 bridgehead atoms. The lowest BCUT2D eigenvalue weighted by Gasteiger charge is -2.34. The molecule has 2 saturated heterocycles. The highest BCUT2D eigenvalue weighted by Gasteiger charge is 2.84. The van der Waals surface area contributed by atoms with Crippen LogP contribution in [-0.4, -0.2) is 40.0 Å². The van der Waals surface area contributed by atoms with Gasteiger partial charge in [-0.3, -0.25) is 4.79 Å². The van der Waals surface area contributed by atoms with Gasteiger partial charge in [-0.05, 0) is 42.1 Å². The fourth-order valence-corrected chi connectivity index (χ4v) is 5.32. The molecule has 110 valence electrons. The Kier molecular flexibility index (Phi) is 2.21. The fourth-order valence-electron chi connectivity index (χ4n) is 4.52. The van der Waals surface area contributed by atoms with Crippen LogP contribution in [0.5, 0.6) is 0 Å². The molecule has 0 unspecified atom stereocenters. The third-order valence-electron chi connectivity index (χ3n) is 5.86. The number of alkyl halides is 2. The molecule has 4 aliphatic rings. The molecule has 2 heterocycles. The molecule has 0 N–H and O–H groups in total. The summed E-state index contributed by atoms with van der Waals surface area (Å²) in [5.74, 6) is -0.335. The quantitative estimate of drug-likeness (QED) is 0.569. The molecule has 1 amide bonds. The molecule has 4 fully saturated rings. The van der Waals surface area contributed by atoms with Gasteiger partial charge in [0.25, 0.3) is 0 Å². The number of esters is 1. The zero-order chi connectivity index (χ0) is 14.4. The van der Waals surface area contributed by atoms with Crippen molar-refractivity contribution in [1.29, 1.82) is 0 Å². The summed E-state index contributed by atoms with van der Waals surface area (Å²) in [6.07, 6.45) is 2.94. The molecule has 0 aromatic carbocycles. The molecule has 2 aliphatic carbocycles. The Bertz CT molecular complexity index is 533. The van der Waals surface area contributed by atoms with Crippen molar-refractivity contribution in [2.24, 2.45) is 10.8 Å². The third-order valence-corrected chi connectivity index (χ3v) is 6.98. The zero-order valence-corrected chi connectivity index (χ0v) is 13.0. The second-order valence-corrected chi connectivity index (χ2v) is 8.11. The first-order chi connectivity index (χ1) is 9.33. The van der Waals surface area contributed by atoms with Crippen molar-refractivity contribution < 1.29 is 18.7 Å². The first-order valence-electron chi connectivity index (χ1n) is 7.18. The van der Waals surface area contributed by atoms with E-state index in [1.807, 2.05) is 0 Å². The number of amides is 1. The Hall–Kier alpha value is -0.650. The molecular weight excluding hydrogens is 329 g/mol. The molecule has 3 atom stereocenters. The van der Waals surface area contributed by atoms with Crippen molar-refractivity contribution in [3.05, 3.63) is 0 Å². The molecular formula is C14H17BrFNO3. The third kappa shape index (κ3) is 1.23. The number of hydrogen-bond donors (Lipinski definition) is 0. The Morgan fingerprint density at radius 2 is 2.05 bits per heavy atom. The summed E-state index contributed by atoms with van der Waals surface area (Å²) in [5.41, 5.74) is -1.78. The van der Waals surface area contributed by atoms with Crippen LogP contribution in [0.2, 0.25) is 0 Å².